The molecule has 0 aromatic carbocycles. The van der Waals surface area contributed by atoms with Gasteiger partial charge in [-0.1, -0.05) is 13.8 Å². The summed E-state index contributed by atoms with van der Waals surface area (Å²) in [5, 5.41) is 9.40. The van der Waals surface area contributed by atoms with Gasteiger partial charge in [0.15, 0.2) is 0 Å². The number of hydrogen-bond acceptors (Lipinski definition) is 4. The van der Waals surface area contributed by atoms with Crippen molar-refractivity contribution in [2.75, 3.05) is 39.4 Å². The molecule has 1 atom stereocenters. The maximum atomic E-state index is 12.6. The number of nitrogens with zero attached hydrogens (tertiary/aromatic N) is 3. The lowest BCUT2D eigenvalue weighted by Gasteiger charge is -2.33. The molecule has 2 fully saturated rings. The Morgan fingerprint density at radius 1 is 1.30 bits per heavy atom. The number of ether oxygens (including phenoxy) is 1. The van der Waals surface area contributed by atoms with Crippen molar-refractivity contribution in [2.24, 2.45) is 5.41 Å². The van der Waals surface area contributed by atoms with Crippen LogP contribution < -0.4 is 0 Å². The summed E-state index contributed by atoms with van der Waals surface area (Å²) < 4.78 is 5.37. The molecule has 0 spiro atoms. The van der Waals surface area contributed by atoms with Crippen molar-refractivity contribution >= 4 is 5.91 Å². The summed E-state index contributed by atoms with van der Waals surface area (Å²) in [6.45, 7) is 8.90. The van der Waals surface area contributed by atoms with E-state index in [-0.39, 0.29) is 5.91 Å². The van der Waals surface area contributed by atoms with Gasteiger partial charge in [0.05, 0.1) is 19.3 Å². The normalized spacial score (nSPS) is 24.6. The largest absolute Gasteiger partial charge is 0.379 e. The van der Waals surface area contributed by atoms with Crippen LogP contribution in [0.25, 0.3) is 0 Å². The van der Waals surface area contributed by atoms with Gasteiger partial charge in [0.25, 0.3) is 0 Å². The van der Waals surface area contributed by atoms with E-state index in [1.54, 1.807) is 0 Å². The average molecular weight is 279 g/mol. The summed E-state index contributed by atoms with van der Waals surface area (Å²) in [7, 11) is 0. The van der Waals surface area contributed by atoms with Crippen LogP contribution >= 0.6 is 0 Å². The highest BCUT2D eigenvalue weighted by Crippen LogP contribution is 2.30. The quantitative estimate of drug-likeness (QED) is 0.777. The second kappa shape index (κ2) is 6.55. The van der Waals surface area contributed by atoms with Crippen molar-refractivity contribution in [2.45, 2.75) is 39.2 Å². The lowest BCUT2D eigenvalue weighted by atomic mass is 9.82. The van der Waals surface area contributed by atoms with Crippen LogP contribution in [-0.4, -0.2) is 61.1 Å². The molecular weight excluding hydrogens is 254 g/mol. The number of nitriles is 1. The first kappa shape index (κ1) is 15.3. The fourth-order valence-corrected chi connectivity index (χ4v) is 3.23. The third-order valence-corrected chi connectivity index (χ3v) is 4.84. The van der Waals surface area contributed by atoms with Gasteiger partial charge in [-0.05, 0) is 19.3 Å². The number of rotatable bonds is 4. The Hall–Kier alpha value is -1.12. The second-order valence-electron chi connectivity index (χ2n) is 5.74. The van der Waals surface area contributed by atoms with Crippen molar-refractivity contribution < 1.29 is 9.53 Å². The third-order valence-electron chi connectivity index (χ3n) is 4.84. The number of hydrogen-bond donors (Lipinski definition) is 0. The highest BCUT2D eigenvalue weighted by molar-refractivity contribution is 5.85. The van der Waals surface area contributed by atoms with E-state index in [0.717, 1.165) is 45.8 Å². The summed E-state index contributed by atoms with van der Waals surface area (Å²) in [6, 6.07) is 2.70. The van der Waals surface area contributed by atoms with Crippen molar-refractivity contribution in [3.05, 3.63) is 0 Å². The Bertz CT molecular complexity index is 381. The van der Waals surface area contributed by atoms with Gasteiger partial charge in [0.1, 0.15) is 5.41 Å². The zero-order valence-corrected chi connectivity index (χ0v) is 12.6. The van der Waals surface area contributed by atoms with E-state index in [9.17, 15) is 10.1 Å². The minimum Gasteiger partial charge on any atom is -0.379 e. The number of carbonyl (C=O) groups excluding carboxylic acids is 1. The van der Waals surface area contributed by atoms with Crippen LogP contribution in [0.4, 0.5) is 0 Å². The Kier molecular flexibility index (Phi) is 5.00. The number of likely N-dealkylation sites (tertiary alicyclic amines) is 1. The molecule has 2 aliphatic heterocycles. The van der Waals surface area contributed by atoms with Gasteiger partial charge in [0.2, 0.25) is 5.91 Å². The lowest BCUT2D eigenvalue weighted by Crippen LogP contribution is -2.47. The molecule has 5 nitrogen and oxygen atoms in total. The first-order valence-corrected chi connectivity index (χ1v) is 7.69. The molecule has 0 radical (unpaired) electrons. The smallest absolute Gasteiger partial charge is 0.243 e. The summed E-state index contributed by atoms with van der Waals surface area (Å²) in [6.07, 6.45) is 2.20. The summed E-state index contributed by atoms with van der Waals surface area (Å²) in [5.41, 5.74) is -0.820. The molecule has 0 N–H and O–H groups in total. The predicted octanol–water partition coefficient (Wildman–Crippen LogP) is 1.25. The Balaban J connectivity index is 1.98. The van der Waals surface area contributed by atoms with Gasteiger partial charge in [-0.2, -0.15) is 5.26 Å². The highest BCUT2D eigenvalue weighted by atomic mass is 16.5. The minimum absolute atomic E-state index is 0.0285. The number of carbonyl (C=O) groups is 1. The van der Waals surface area contributed by atoms with Crippen molar-refractivity contribution in [3.63, 3.8) is 0 Å². The molecule has 1 unspecified atom stereocenters. The van der Waals surface area contributed by atoms with E-state index in [1.165, 1.54) is 0 Å². The predicted molar refractivity (Wildman–Crippen MR) is 76.0 cm³/mol. The van der Waals surface area contributed by atoms with Gasteiger partial charge in [-0.15, -0.1) is 0 Å². The van der Waals surface area contributed by atoms with E-state index in [2.05, 4.69) is 11.0 Å². The van der Waals surface area contributed by atoms with E-state index in [1.807, 2.05) is 18.7 Å². The average Bonchev–Trinajstić information content (AvgIpc) is 3.00. The third kappa shape index (κ3) is 2.82. The van der Waals surface area contributed by atoms with Crippen molar-refractivity contribution in [1.82, 2.24) is 9.80 Å². The van der Waals surface area contributed by atoms with Crippen LogP contribution in [0.1, 0.15) is 33.1 Å². The molecule has 112 valence electrons. The number of morpholine rings is 1. The van der Waals surface area contributed by atoms with Gasteiger partial charge < -0.3 is 9.64 Å². The van der Waals surface area contributed by atoms with Gasteiger partial charge in [0, 0.05) is 32.2 Å². The number of amides is 1. The molecule has 5 heteroatoms. The first-order valence-electron chi connectivity index (χ1n) is 7.69. The first-order chi connectivity index (χ1) is 9.66. The SMILES string of the molecule is CCC(C#N)(CC)C(=O)N1CCC(N2CCOCC2)C1. The zero-order chi connectivity index (χ0) is 14.6. The van der Waals surface area contributed by atoms with Gasteiger partial charge in [-0.25, -0.2) is 0 Å². The summed E-state index contributed by atoms with van der Waals surface area (Å²) in [4.78, 5) is 17.0. The molecule has 1 amide bonds. The molecule has 2 saturated heterocycles. The van der Waals surface area contributed by atoms with Crippen LogP contribution in [0.3, 0.4) is 0 Å². The van der Waals surface area contributed by atoms with Crippen molar-refractivity contribution in [1.29, 1.82) is 5.26 Å². The molecule has 2 aliphatic rings. The monoisotopic (exact) mass is 279 g/mol. The molecule has 0 aromatic heterocycles. The van der Waals surface area contributed by atoms with E-state index >= 15 is 0 Å². The molecule has 0 aliphatic carbocycles. The molecule has 0 aromatic rings. The van der Waals surface area contributed by atoms with E-state index < -0.39 is 5.41 Å². The Morgan fingerprint density at radius 3 is 2.50 bits per heavy atom. The maximum absolute atomic E-state index is 12.6. The minimum atomic E-state index is -0.820. The molecule has 20 heavy (non-hydrogen) atoms. The fourth-order valence-electron chi connectivity index (χ4n) is 3.23. The Morgan fingerprint density at radius 2 is 1.95 bits per heavy atom. The van der Waals surface area contributed by atoms with E-state index in [4.69, 9.17) is 4.74 Å². The second-order valence-corrected chi connectivity index (χ2v) is 5.74. The maximum Gasteiger partial charge on any atom is 0.243 e. The van der Waals surface area contributed by atoms with E-state index in [0.29, 0.717) is 18.9 Å². The molecule has 0 bridgehead atoms. The Labute approximate surface area is 121 Å². The van der Waals surface area contributed by atoms with Gasteiger partial charge in [-0.3, -0.25) is 9.69 Å². The van der Waals surface area contributed by atoms with Gasteiger partial charge >= 0.3 is 0 Å². The van der Waals surface area contributed by atoms with Crippen LogP contribution in [0.5, 0.6) is 0 Å². The van der Waals surface area contributed by atoms with Crippen LogP contribution in [0.2, 0.25) is 0 Å². The fraction of sp³-hybridized carbons (Fsp3) is 0.867. The molecule has 2 rings (SSSR count). The summed E-state index contributed by atoms with van der Waals surface area (Å²) >= 11 is 0. The highest BCUT2D eigenvalue weighted by Gasteiger charge is 2.41. The topological polar surface area (TPSA) is 56.6 Å². The molecular formula is C15H25N3O2. The standard InChI is InChI=1S/C15H25N3O2/c1-3-15(4-2,12-16)14(19)18-6-5-13(11-18)17-7-9-20-10-8-17/h13H,3-11H2,1-2H3. The van der Waals surface area contributed by atoms with Crippen molar-refractivity contribution in [3.8, 4) is 6.07 Å². The molecule has 2 heterocycles. The van der Waals surface area contributed by atoms with Crippen LogP contribution in [-0.2, 0) is 9.53 Å². The molecule has 0 saturated carbocycles. The lowest BCUT2D eigenvalue weighted by molar-refractivity contribution is -0.138. The van der Waals surface area contributed by atoms with Crippen LogP contribution in [0, 0.1) is 16.7 Å². The van der Waals surface area contributed by atoms with Crippen LogP contribution in [0.15, 0.2) is 0 Å². The summed E-state index contributed by atoms with van der Waals surface area (Å²) in [5.74, 6) is 0.0285. The zero-order valence-electron chi connectivity index (χ0n) is 12.6.